The van der Waals surface area contributed by atoms with Crippen LogP contribution in [0, 0.1) is 0 Å². The molecule has 0 radical (unpaired) electrons. The minimum Gasteiger partial charge on any atom is -0.467 e. The Morgan fingerprint density at radius 2 is 2.04 bits per heavy atom. The summed E-state index contributed by atoms with van der Waals surface area (Å²) >= 11 is 1.71. The van der Waals surface area contributed by atoms with E-state index in [-0.39, 0.29) is 5.91 Å². The van der Waals surface area contributed by atoms with Gasteiger partial charge in [-0.05, 0) is 43.2 Å². The molecule has 0 bridgehead atoms. The third-order valence-corrected chi connectivity index (χ3v) is 5.94. The first-order valence-electron chi connectivity index (χ1n) is 9.70. The van der Waals surface area contributed by atoms with Gasteiger partial charge in [-0.2, -0.15) is 5.10 Å². The Bertz CT molecular complexity index is 901. The number of carbonyl (C=O) groups is 1. The lowest BCUT2D eigenvalue weighted by molar-refractivity contribution is -0.132. The smallest absolute Gasteiger partial charge is 0.224 e. The summed E-state index contributed by atoms with van der Waals surface area (Å²) in [6.45, 7) is 0.979. The standard InChI is InChI=1S/C22H25N3O2S/c1-24-21(17-9-10-17)14-18(23-24)15-25(16-19-6-5-12-27-19)22(26)11-13-28-20-7-3-2-4-8-20/h2-8,12,14,17H,9-11,13,15-16H2,1H3. The number of nitrogens with zero attached hydrogens (tertiary/aromatic N) is 3. The van der Waals surface area contributed by atoms with Gasteiger partial charge in [-0.15, -0.1) is 11.8 Å². The molecule has 6 heteroatoms. The Kier molecular flexibility index (Phi) is 5.86. The number of hydrogen-bond acceptors (Lipinski definition) is 4. The van der Waals surface area contributed by atoms with Crippen LogP contribution in [0.5, 0.6) is 0 Å². The molecule has 2 aromatic heterocycles. The Labute approximate surface area is 169 Å². The molecule has 0 spiro atoms. The molecule has 1 aliphatic carbocycles. The van der Waals surface area contributed by atoms with Crippen molar-refractivity contribution in [2.24, 2.45) is 7.05 Å². The van der Waals surface area contributed by atoms with E-state index in [9.17, 15) is 4.79 Å². The molecule has 1 fully saturated rings. The number of aryl methyl sites for hydroxylation is 1. The fourth-order valence-electron chi connectivity index (χ4n) is 3.33. The van der Waals surface area contributed by atoms with Crippen LogP contribution < -0.4 is 0 Å². The average molecular weight is 396 g/mol. The highest BCUT2D eigenvalue weighted by molar-refractivity contribution is 7.99. The summed E-state index contributed by atoms with van der Waals surface area (Å²) in [5.41, 5.74) is 2.22. The fourth-order valence-corrected chi connectivity index (χ4v) is 4.19. The average Bonchev–Trinajstić information content (AvgIpc) is 3.28. The third-order valence-electron chi connectivity index (χ3n) is 4.92. The third kappa shape index (κ3) is 4.87. The van der Waals surface area contributed by atoms with Crippen molar-refractivity contribution in [2.45, 2.75) is 43.2 Å². The number of hydrogen-bond donors (Lipinski definition) is 0. The normalized spacial score (nSPS) is 13.6. The van der Waals surface area contributed by atoms with E-state index in [0.717, 1.165) is 17.2 Å². The Morgan fingerprint density at radius 1 is 1.21 bits per heavy atom. The van der Waals surface area contributed by atoms with Crippen LogP contribution in [0.25, 0.3) is 0 Å². The Morgan fingerprint density at radius 3 is 2.75 bits per heavy atom. The van der Waals surface area contributed by atoms with Crippen LogP contribution in [-0.2, 0) is 24.9 Å². The molecule has 0 N–H and O–H groups in total. The summed E-state index contributed by atoms with van der Waals surface area (Å²) in [5, 5.41) is 4.64. The van der Waals surface area contributed by atoms with E-state index in [2.05, 4.69) is 23.3 Å². The topological polar surface area (TPSA) is 51.3 Å². The molecule has 0 unspecified atom stereocenters. The van der Waals surface area contributed by atoms with Crippen molar-refractivity contribution >= 4 is 17.7 Å². The van der Waals surface area contributed by atoms with Crippen LogP contribution in [0.2, 0.25) is 0 Å². The van der Waals surface area contributed by atoms with Gasteiger partial charge in [-0.3, -0.25) is 9.48 Å². The predicted molar refractivity (Wildman–Crippen MR) is 110 cm³/mol. The van der Waals surface area contributed by atoms with Crippen LogP contribution in [-0.4, -0.2) is 26.3 Å². The highest BCUT2D eigenvalue weighted by Crippen LogP contribution is 2.40. The zero-order valence-electron chi connectivity index (χ0n) is 16.1. The van der Waals surface area contributed by atoms with E-state index in [1.54, 1.807) is 18.0 Å². The van der Waals surface area contributed by atoms with Crippen molar-refractivity contribution in [3.05, 3.63) is 71.9 Å². The summed E-state index contributed by atoms with van der Waals surface area (Å²) in [6.07, 6.45) is 4.62. The molecule has 0 saturated heterocycles. The number of benzene rings is 1. The van der Waals surface area contributed by atoms with Gasteiger partial charge < -0.3 is 9.32 Å². The minimum atomic E-state index is 0.124. The number of amides is 1. The SMILES string of the molecule is Cn1nc(CN(Cc2ccco2)C(=O)CCSc2ccccc2)cc1C1CC1. The van der Waals surface area contributed by atoms with E-state index in [1.165, 1.54) is 23.4 Å². The second kappa shape index (κ2) is 8.69. The van der Waals surface area contributed by atoms with Gasteiger partial charge in [0.05, 0.1) is 25.0 Å². The van der Waals surface area contributed by atoms with Gasteiger partial charge in [-0.25, -0.2) is 0 Å². The maximum atomic E-state index is 12.9. The summed E-state index contributed by atoms with van der Waals surface area (Å²) in [7, 11) is 1.99. The van der Waals surface area contributed by atoms with Crippen molar-refractivity contribution in [1.82, 2.24) is 14.7 Å². The summed E-state index contributed by atoms with van der Waals surface area (Å²) in [4.78, 5) is 16.0. The molecule has 5 nitrogen and oxygen atoms in total. The molecule has 1 amide bonds. The molecule has 2 heterocycles. The molecule has 1 saturated carbocycles. The van der Waals surface area contributed by atoms with Crippen molar-refractivity contribution < 1.29 is 9.21 Å². The lowest BCUT2D eigenvalue weighted by atomic mass is 10.2. The molecule has 0 aliphatic heterocycles. The van der Waals surface area contributed by atoms with Gasteiger partial charge in [0.25, 0.3) is 0 Å². The first-order valence-corrected chi connectivity index (χ1v) is 10.7. The van der Waals surface area contributed by atoms with E-state index in [1.807, 2.05) is 47.0 Å². The molecular weight excluding hydrogens is 370 g/mol. The summed E-state index contributed by atoms with van der Waals surface area (Å²) in [6, 6.07) is 16.1. The van der Waals surface area contributed by atoms with E-state index in [0.29, 0.717) is 25.4 Å². The largest absolute Gasteiger partial charge is 0.467 e. The van der Waals surface area contributed by atoms with E-state index < -0.39 is 0 Å². The van der Waals surface area contributed by atoms with Gasteiger partial charge >= 0.3 is 0 Å². The summed E-state index contributed by atoms with van der Waals surface area (Å²) < 4.78 is 7.44. The van der Waals surface area contributed by atoms with Crippen molar-refractivity contribution in [1.29, 1.82) is 0 Å². The zero-order valence-corrected chi connectivity index (χ0v) is 16.9. The van der Waals surface area contributed by atoms with Crippen LogP contribution in [0.3, 0.4) is 0 Å². The Balaban J connectivity index is 1.40. The highest BCUT2D eigenvalue weighted by atomic mass is 32.2. The van der Waals surface area contributed by atoms with Crippen LogP contribution in [0.4, 0.5) is 0 Å². The molecule has 146 valence electrons. The maximum absolute atomic E-state index is 12.9. The van der Waals surface area contributed by atoms with Crippen LogP contribution in [0.1, 0.15) is 42.3 Å². The predicted octanol–water partition coefficient (Wildman–Crippen LogP) is 4.60. The number of thioether (sulfide) groups is 1. The number of aromatic nitrogens is 2. The molecule has 0 atom stereocenters. The monoisotopic (exact) mass is 395 g/mol. The second-order valence-electron chi connectivity index (χ2n) is 7.20. The second-order valence-corrected chi connectivity index (χ2v) is 8.37. The minimum absolute atomic E-state index is 0.124. The summed E-state index contributed by atoms with van der Waals surface area (Å²) in [5.74, 6) is 2.32. The Hall–Kier alpha value is -2.47. The van der Waals surface area contributed by atoms with Gasteiger partial charge in [0.15, 0.2) is 0 Å². The molecule has 4 rings (SSSR count). The number of furan rings is 1. The zero-order chi connectivity index (χ0) is 19.3. The van der Waals surface area contributed by atoms with Gasteiger partial charge in [0.2, 0.25) is 5.91 Å². The number of rotatable bonds is 9. The lowest BCUT2D eigenvalue weighted by Gasteiger charge is -2.20. The molecule has 1 aliphatic rings. The van der Waals surface area contributed by atoms with Gasteiger partial charge in [-0.1, -0.05) is 18.2 Å². The quantitative estimate of drug-likeness (QED) is 0.497. The van der Waals surface area contributed by atoms with Crippen LogP contribution in [0.15, 0.2) is 64.1 Å². The molecule has 1 aromatic carbocycles. The number of carbonyl (C=O) groups excluding carboxylic acids is 1. The van der Waals surface area contributed by atoms with E-state index >= 15 is 0 Å². The molecule has 28 heavy (non-hydrogen) atoms. The van der Waals surface area contributed by atoms with Crippen molar-refractivity contribution in [3.8, 4) is 0 Å². The van der Waals surface area contributed by atoms with Crippen molar-refractivity contribution in [2.75, 3.05) is 5.75 Å². The van der Waals surface area contributed by atoms with E-state index in [4.69, 9.17) is 4.42 Å². The maximum Gasteiger partial charge on any atom is 0.224 e. The first-order chi connectivity index (χ1) is 13.7. The van der Waals surface area contributed by atoms with Crippen molar-refractivity contribution in [3.63, 3.8) is 0 Å². The lowest BCUT2D eigenvalue weighted by Crippen LogP contribution is -2.30. The molecular formula is C22H25N3O2S. The van der Waals surface area contributed by atoms with Gasteiger partial charge in [0.1, 0.15) is 5.76 Å². The highest BCUT2D eigenvalue weighted by Gasteiger charge is 2.27. The first kappa shape index (κ1) is 18.9. The molecule has 3 aromatic rings. The van der Waals surface area contributed by atoms with Crippen LogP contribution >= 0.6 is 11.8 Å². The van der Waals surface area contributed by atoms with Gasteiger partial charge in [0, 0.05) is 35.7 Å². The fraction of sp³-hybridized carbons (Fsp3) is 0.364.